The first kappa shape index (κ1) is 24.6. The molecule has 0 radical (unpaired) electrons. The second-order valence-corrected chi connectivity index (χ2v) is 8.81. The molecule has 1 aromatic heterocycles. The van der Waals surface area contributed by atoms with Gasteiger partial charge in [-0.1, -0.05) is 30.4 Å². The van der Waals surface area contributed by atoms with Gasteiger partial charge in [-0.2, -0.15) is 4.73 Å². The first-order chi connectivity index (χ1) is 16.3. The van der Waals surface area contributed by atoms with Gasteiger partial charge in [0, 0.05) is 18.2 Å². The zero-order chi connectivity index (χ0) is 24.7. The Bertz CT molecular complexity index is 1290. The van der Waals surface area contributed by atoms with Gasteiger partial charge in [-0.15, -0.1) is 0 Å². The molecule has 0 unspecified atom stereocenters. The Morgan fingerprint density at radius 3 is 2.38 bits per heavy atom. The molecule has 0 bridgehead atoms. The highest BCUT2D eigenvalue weighted by Crippen LogP contribution is 2.33. The standard InChI is InChI=1S/C23H23N3O7S/c1-32-21-10-9-19(15-22(21)33-2)34(30,31)26(16-23(27)24-28)20-6-4-3-5-18(20)8-7-17-11-13-25(29)14-12-17/h3-15,28H,16H2,1-2H3,(H,24,27)/b8-7+. The van der Waals surface area contributed by atoms with Gasteiger partial charge in [0.1, 0.15) is 6.54 Å². The minimum Gasteiger partial charge on any atom is -0.619 e. The van der Waals surface area contributed by atoms with E-state index in [2.05, 4.69) is 0 Å². The Morgan fingerprint density at radius 1 is 1.06 bits per heavy atom. The van der Waals surface area contributed by atoms with Gasteiger partial charge < -0.3 is 14.7 Å². The maximum Gasteiger partial charge on any atom is 0.264 e. The van der Waals surface area contributed by atoms with Gasteiger partial charge >= 0.3 is 0 Å². The molecule has 0 fully saturated rings. The predicted molar refractivity (Wildman–Crippen MR) is 125 cm³/mol. The number of nitrogens with zero attached hydrogens (tertiary/aromatic N) is 2. The summed E-state index contributed by atoms with van der Waals surface area (Å²) in [5, 5.41) is 20.3. The second-order valence-electron chi connectivity index (χ2n) is 6.95. The van der Waals surface area contributed by atoms with E-state index < -0.39 is 22.5 Å². The molecule has 0 aliphatic rings. The second kappa shape index (κ2) is 10.7. The lowest BCUT2D eigenvalue weighted by Crippen LogP contribution is -2.40. The van der Waals surface area contributed by atoms with Crippen molar-refractivity contribution in [3.63, 3.8) is 0 Å². The van der Waals surface area contributed by atoms with E-state index in [1.54, 1.807) is 48.6 Å². The maximum atomic E-state index is 13.6. The minimum absolute atomic E-state index is 0.141. The van der Waals surface area contributed by atoms with Gasteiger partial charge in [0.05, 0.1) is 24.8 Å². The van der Waals surface area contributed by atoms with Crippen LogP contribution in [0.5, 0.6) is 11.5 Å². The van der Waals surface area contributed by atoms with E-state index in [-0.39, 0.29) is 16.3 Å². The van der Waals surface area contributed by atoms with Gasteiger partial charge in [0.25, 0.3) is 15.9 Å². The molecule has 11 heteroatoms. The summed E-state index contributed by atoms with van der Waals surface area (Å²) in [6.07, 6.45) is 6.04. The average Bonchev–Trinajstić information content (AvgIpc) is 2.86. The summed E-state index contributed by atoms with van der Waals surface area (Å²) in [7, 11) is -1.48. The molecule has 1 heterocycles. The van der Waals surface area contributed by atoms with Crippen LogP contribution in [-0.2, 0) is 14.8 Å². The number of hydroxylamine groups is 1. The molecule has 0 saturated carbocycles. The molecule has 34 heavy (non-hydrogen) atoms. The molecule has 0 atom stereocenters. The summed E-state index contributed by atoms with van der Waals surface area (Å²) in [5.74, 6) is -0.388. The van der Waals surface area contributed by atoms with Crippen LogP contribution in [0.2, 0.25) is 0 Å². The molecule has 0 saturated heterocycles. The Kier molecular flexibility index (Phi) is 7.71. The highest BCUT2D eigenvalue weighted by Gasteiger charge is 2.29. The van der Waals surface area contributed by atoms with Crippen molar-refractivity contribution in [3.8, 4) is 11.5 Å². The average molecular weight is 486 g/mol. The SMILES string of the molecule is COc1ccc(S(=O)(=O)N(CC(=O)NO)c2ccccc2/C=C/c2cc[n+]([O-])cc2)cc1OC. The zero-order valence-electron chi connectivity index (χ0n) is 18.4. The Labute approximate surface area is 196 Å². The summed E-state index contributed by atoms with van der Waals surface area (Å²) in [6.45, 7) is -0.681. The lowest BCUT2D eigenvalue weighted by Gasteiger charge is -2.25. The number of amides is 1. The van der Waals surface area contributed by atoms with E-state index in [1.165, 1.54) is 50.3 Å². The van der Waals surface area contributed by atoms with Crippen LogP contribution < -0.4 is 24.0 Å². The van der Waals surface area contributed by atoms with Crippen LogP contribution in [0.25, 0.3) is 12.2 Å². The highest BCUT2D eigenvalue weighted by molar-refractivity contribution is 7.92. The third kappa shape index (κ3) is 5.45. The van der Waals surface area contributed by atoms with Crippen LogP contribution in [-0.4, -0.2) is 40.3 Å². The van der Waals surface area contributed by atoms with Crippen molar-refractivity contribution in [3.05, 3.63) is 83.3 Å². The van der Waals surface area contributed by atoms with E-state index in [1.807, 2.05) is 0 Å². The number of para-hydroxylation sites is 1. The molecule has 178 valence electrons. The number of ether oxygens (including phenoxy) is 2. The highest BCUT2D eigenvalue weighted by atomic mass is 32.2. The first-order valence-electron chi connectivity index (χ1n) is 9.93. The molecule has 0 aliphatic heterocycles. The number of anilines is 1. The molecule has 2 aromatic carbocycles. The van der Waals surface area contributed by atoms with Gasteiger partial charge in [0.2, 0.25) is 0 Å². The van der Waals surface area contributed by atoms with Gasteiger partial charge in [-0.25, -0.2) is 13.9 Å². The normalized spacial score (nSPS) is 11.3. The third-order valence-corrected chi connectivity index (χ3v) is 6.60. The van der Waals surface area contributed by atoms with Crippen molar-refractivity contribution in [1.82, 2.24) is 5.48 Å². The molecule has 1 amide bonds. The molecule has 2 N–H and O–H groups in total. The molecule has 10 nitrogen and oxygen atoms in total. The fourth-order valence-electron chi connectivity index (χ4n) is 3.15. The summed E-state index contributed by atoms with van der Waals surface area (Å²) < 4.78 is 39.2. The van der Waals surface area contributed by atoms with Crippen LogP contribution in [0.4, 0.5) is 5.69 Å². The zero-order valence-corrected chi connectivity index (χ0v) is 19.2. The lowest BCUT2D eigenvalue weighted by molar-refractivity contribution is -0.605. The fraction of sp³-hybridized carbons (Fsp3) is 0.130. The van der Waals surface area contributed by atoms with Gasteiger partial charge in [0.15, 0.2) is 23.9 Å². The fourth-order valence-corrected chi connectivity index (χ4v) is 4.61. The van der Waals surface area contributed by atoms with Gasteiger partial charge in [-0.3, -0.25) is 14.3 Å². The van der Waals surface area contributed by atoms with Crippen molar-refractivity contribution in [2.75, 3.05) is 25.1 Å². The number of sulfonamides is 1. The monoisotopic (exact) mass is 485 g/mol. The van der Waals surface area contributed by atoms with E-state index in [0.717, 1.165) is 4.31 Å². The quantitative estimate of drug-likeness (QED) is 0.206. The van der Waals surface area contributed by atoms with Gasteiger partial charge in [-0.05, 0) is 29.3 Å². The Balaban J connectivity index is 2.10. The van der Waals surface area contributed by atoms with Crippen molar-refractivity contribution in [2.45, 2.75) is 4.90 Å². The van der Waals surface area contributed by atoms with Crippen LogP contribution >= 0.6 is 0 Å². The predicted octanol–water partition coefficient (Wildman–Crippen LogP) is 2.21. The number of benzene rings is 2. The van der Waals surface area contributed by atoms with Crippen molar-refractivity contribution in [1.29, 1.82) is 0 Å². The van der Waals surface area contributed by atoms with Crippen LogP contribution in [0.3, 0.4) is 0 Å². The summed E-state index contributed by atoms with van der Waals surface area (Å²) >= 11 is 0. The molecule has 3 rings (SSSR count). The van der Waals surface area contributed by atoms with Crippen molar-refractivity contribution < 1.29 is 32.6 Å². The first-order valence-corrected chi connectivity index (χ1v) is 11.4. The molecule has 0 aliphatic carbocycles. The number of carbonyl (C=O) groups excluding carboxylic acids is 1. The topological polar surface area (TPSA) is 132 Å². The number of aromatic nitrogens is 1. The van der Waals surface area contributed by atoms with E-state index >= 15 is 0 Å². The largest absolute Gasteiger partial charge is 0.619 e. The maximum absolute atomic E-state index is 13.6. The number of carbonyl (C=O) groups is 1. The number of rotatable bonds is 9. The summed E-state index contributed by atoms with van der Waals surface area (Å²) in [4.78, 5) is 11.9. The van der Waals surface area contributed by atoms with Crippen LogP contribution in [0, 0.1) is 5.21 Å². The van der Waals surface area contributed by atoms with E-state index in [9.17, 15) is 18.4 Å². The van der Waals surface area contributed by atoms with Crippen LogP contribution in [0.15, 0.2) is 71.9 Å². The molecular weight excluding hydrogens is 462 g/mol. The number of hydrogen-bond acceptors (Lipinski definition) is 7. The number of methoxy groups -OCH3 is 2. The Hall–Kier alpha value is -4.09. The Morgan fingerprint density at radius 2 is 1.74 bits per heavy atom. The lowest BCUT2D eigenvalue weighted by atomic mass is 10.1. The smallest absolute Gasteiger partial charge is 0.264 e. The number of nitrogens with one attached hydrogen (secondary N) is 1. The molecule has 3 aromatic rings. The number of pyridine rings is 1. The van der Waals surface area contributed by atoms with Crippen LogP contribution in [0.1, 0.15) is 11.1 Å². The van der Waals surface area contributed by atoms with Crippen molar-refractivity contribution >= 4 is 33.8 Å². The van der Waals surface area contributed by atoms with Crippen molar-refractivity contribution in [2.24, 2.45) is 0 Å². The van der Waals surface area contributed by atoms with E-state index in [4.69, 9.17) is 14.7 Å². The molecular formula is C23H23N3O7S. The minimum atomic E-state index is -4.28. The van der Waals surface area contributed by atoms with E-state index in [0.29, 0.717) is 21.6 Å². The summed E-state index contributed by atoms with van der Waals surface area (Å²) in [6, 6.07) is 13.8. The number of hydrogen-bond donors (Lipinski definition) is 2. The summed E-state index contributed by atoms with van der Waals surface area (Å²) in [5.41, 5.74) is 2.87. The molecule has 0 spiro atoms. The third-order valence-electron chi connectivity index (χ3n) is 4.84.